The van der Waals surface area contributed by atoms with Gasteiger partial charge in [0, 0.05) is 31.0 Å². The number of ketones is 1. The molecule has 1 aliphatic carbocycles. The van der Waals surface area contributed by atoms with Gasteiger partial charge < -0.3 is 0 Å². The Bertz CT molecular complexity index is 437. The summed E-state index contributed by atoms with van der Waals surface area (Å²) in [5.74, 6) is -0.495. The molecule has 0 aliphatic heterocycles. The van der Waals surface area contributed by atoms with E-state index in [0.29, 0.717) is 30.7 Å². The topological polar surface area (TPSA) is 20.3 Å². The number of nitrogens with zero attached hydrogens (tertiary/aromatic N) is 1. The molecule has 98 valence electrons. The molecule has 0 heterocycles. The van der Waals surface area contributed by atoms with E-state index in [-0.39, 0.29) is 11.9 Å². The van der Waals surface area contributed by atoms with Crippen molar-refractivity contribution >= 4 is 5.78 Å². The highest BCUT2D eigenvalue weighted by Gasteiger charge is 2.22. The fourth-order valence-electron chi connectivity index (χ4n) is 2.43. The summed E-state index contributed by atoms with van der Waals surface area (Å²) >= 11 is 0. The van der Waals surface area contributed by atoms with Crippen LogP contribution in [0.3, 0.4) is 0 Å². The molecule has 1 aliphatic rings. The number of rotatable bonds is 3. The predicted molar refractivity (Wildman–Crippen MR) is 65.1 cm³/mol. The Morgan fingerprint density at radius 1 is 1.28 bits per heavy atom. The summed E-state index contributed by atoms with van der Waals surface area (Å²) < 4.78 is 26.6. The van der Waals surface area contributed by atoms with Gasteiger partial charge in [-0.05, 0) is 38.1 Å². The van der Waals surface area contributed by atoms with E-state index in [2.05, 4.69) is 0 Å². The minimum absolute atomic E-state index is 0.283. The van der Waals surface area contributed by atoms with E-state index in [1.807, 2.05) is 11.9 Å². The third-order valence-corrected chi connectivity index (χ3v) is 3.56. The molecule has 0 N–H and O–H groups in total. The number of hydrogen-bond acceptors (Lipinski definition) is 2. The molecule has 0 amide bonds. The second-order valence-corrected chi connectivity index (χ2v) is 4.92. The molecule has 0 saturated heterocycles. The molecule has 18 heavy (non-hydrogen) atoms. The molecule has 0 aromatic heterocycles. The van der Waals surface area contributed by atoms with Gasteiger partial charge in [-0.3, -0.25) is 9.69 Å². The summed E-state index contributed by atoms with van der Waals surface area (Å²) in [4.78, 5) is 13.2. The smallest absolute Gasteiger partial charge is 0.133 e. The zero-order valence-electron chi connectivity index (χ0n) is 10.5. The van der Waals surface area contributed by atoms with Gasteiger partial charge in [0.05, 0.1) is 0 Å². The molecule has 4 heteroatoms. The maximum atomic E-state index is 13.5. The summed E-state index contributed by atoms with van der Waals surface area (Å²) in [7, 11) is 1.89. The average molecular weight is 253 g/mol. The van der Waals surface area contributed by atoms with Crippen molar-refractivity contribution in [2.24, 2.45) is 0 Å². The molecule has 0 atom stereocenters. The second-order valence-electron chi connectivity index (χ2n) is 4.92. The van der Waals surface area contributed by atoms with Crippen LogP contribution in [-0.2, 0) is 11.3 Å². The first-order valence-electron chi connectivity index (χ1n) is 6.22. The van der Waals surface area contributed by atoms with Crippen molar-refractivity contribution in [3.8, 4) is 0 Å². The minimum Gasteiger partial charge on any atom is -0.300 e. The lowest BCUT2D eigenvalue weighted by atomic mass is 9.93. The Morgan fingerprint density at radius 3 is 2.61 bits per heavy atom. The molecule has 0 unspecified atom stereocenters. The normalized spacial score (nSPS) is 17.4. The molecule has 2 nitrogen and oxygen atoms in total. The van der Waals surface area contributed by atoms with Crippen molar-refractivity contribution in [2.45, 2.75) is 38.3 Å². The van der Waals surface area contributed by atoms with Crippen LogP contribution in [0.2, 0.25) is 0 Å². The van der Waals surface area contributed by atoms with E-state index in [4.69, 9.17) is 0 Å². The van der Waals surface area contributed by atoms with Gasteiger partial charge in [-0.25, -0.2) is 8.78 Å². The van der Waals surface area contributed by atoms with Crippen LogP contribution in [0, 0.1) is 11.6 Å². The van der Waals surface area contributed by atoms with Gasteiger partial charge in [0.15, 0.2) is 0 Å². The van der Waals surface area contributed by atoms with Gasteiger partial charge in [0.2, 0.25) is 0 Å². The summed E-state index contributed by atoms with van der Waals surface area (Å²) in [5, 5.41) is 0. The first-order chi connectivity index (χ1) is 8.56. The fraction of sp³-hybridized carbons (Fsp3) is 0.500. The molecular formula is C14H17F2NO. The standard InChI is InChI=1S/C14H17F2NO/c1-17(12-3-5-13(18)6-4-12)9-10-8-11(15)2-7-14(10)16/h2,7-8,12H,3-6,9H2,1H3. The van der Waals surface area contributed by atoms with Crippen LogP contribution in [-0.4, -0.2) is 23.8 Å². The Labute approximate surface area is 106 Å². The van der Waals surface area contributed by atoms with Crippen LogP contribution in [0.25, 0.3) is 0 Å². The SMILES string of the molecule is CN(Cc1cc(F)ccc1F)C1CCC(=O)CC1. The van der Waals surface area contributed by atoms with Crippen LogP contribution >= 0.6 is 0 Å². The van der Waals surface area contributed by atoms with E-state index in [1.54, 1.807) is 0 Å². The van der Waals surface area contributed by atoms with E-state index >= 15 is 0 Å². The summed E-state index contributed by atoms with van der Waals surface area (Å²) in [5.41, 5.74) is 0.370. The Balaban J connectivity index is 2.00. The number of carbonyl (C=O) groups is 1. The Morgan fingerprint density at radius 2 is 1.94 bits per heavy atom. The van der Waals surface area contributed by atoms with Crippen LogP contribution in [0.5, 0.6) is 0 Å². The molecule has 1 saturated carbocycles. The summed E-state index contributed by atoms with van der Waals surface area (Å²) in [6.07, 6.45) is 2.82. The quantitative estimate of drug-likeness (QED) is 0.825. The number of Topliss-reactive ketones (excluding diaryl/α,β-unsaturated/α-hetero) is 1. The zero-order valence-corrected chi connectivity index (χ0v) is 10.5. The van der Waals surface area contributed by atoms with Gasteiger partial charge in [0.25, 0.3) is 0 Å². The van der Waals surface area contributed by atoms with Crippen molar-refractivity contribution in [1.29, 1.82) is 0 Å². The summed E-state index contributed by atoms with van der Waals surface area (Å²) in [6, 6.07) is 3.80. The predicted octanol–water partition coefficient (Wildman–Crippen LogP) is 2.91. The molecular weight excluding hydrogens is 236 g/mol. The van der Waals surface area contributed by atoms with Crippen LogP contribution in [0.1, 0.15) is 31.2 Å². The van der Waals surface area contributed by atoms with Gasteiger partial charge >= 0.3 is 0 Å². The van der Waals surface area contributed by atoms with E-state index < -0.39 is 5.82 Å². The second kappa shape index (κ2) is 5.57. The number of hydrogen-bond donors (Lipinski definition) is 0. The number of carbonyl (C=O) groups excluding carboxylic acids is 1. The first kappa shape index (κ1) is 13.1. The molecule has 2 rings (SSSR count). The molecule has 1 aromatic rings. The van der Waals surface area contributed by atoms with Gasteiger partial charge in [0.1, 0.15) is 17.4 Å². The first-order valence-corrected chi connectivity index (χ1v) is 6.22. The van der Waals surface area contributed by atoms with Gasteiger partial charge in [-0.1, -0.05) is 0 Å². The van der Waals surface area contributed by atoms with Crippen LogP contribution < -0.4 is 0 Å². The Kier molecular flexibility index (Phi) is 4.07. The molecule has 1 aromatic carbocycles. The highest BCUT2D eigenvalue weighted by Crippen LogP contribution is 2.22. The van der Waals surface area contributed by atoms with Gasteiger partial charge in [-0.15, -0.1) is 0 Å². The van der Waals surface area contributed by atoms with Gasteiger partial charge in [-0.2, -0.15) is 0 Å². The summed E-state index contributed by atoms with van der Waals surface area (Å²) in [6.45, 7) is 0.377. The molecule has 0 spiro atoms. The minimum atomic E-state index is -0.418. The monoisotopic (exact) mass is 253 g/mol. The highest BCUT2D eigenvalue weighted by atomic mass is 19.1. The highest BCUT2D eigenvalue weighted by molar-refractivity contribution is 5.79. The lowest BCUT2D eigenvalue weighted by Gasteiger charge is -2.30. The van der Waals surface area contributed by atoms with Crippen molar-refractivity contribution in [2.75, 3.05) is 7.05 Å². The van der Waals surface area contributed by atoms with Crippen molar-refractivity contribution in [3.63, 3.8) is 0 Å². The third-order valence-electron chi connectivity index (χ3n) is 3.56. The van der Waals surface area contributed by atoms with Crippen LogP contribution in [0.4, 0.5) is 8.78 Å². The lowest BCUT2D eigenvalue weighted by Crippen LogP contribution is -2.35. The lowest BCUT2D eigenvalue weighted by molar-refractivity contribution is -0.121. The third kappa shape index (κ3) is 3.13. The van der Waals surface area contributed by atoms with E-state index in [1.165, 1.54) is 6.07 Å². The Hall–Kier alpha value is -1.29. The zero-order chi connectivity index (χ0) is 13.1. The average Bonchev–Trinajstić information content (AvgIpc) is 2.34. The van der Waals surface area contributed by atoms with Crippen molar-refractivity contribution < 1.29 is 13.6 Å². The van der Waals surface area contributed by atoms with E-state index in [0.717, 1.165) is 25.0 Å². The maximum Gasteiger partial charge on any atom is 0.133 e. The maximum absolute atomic E-state index is 13.5. The number of halogens is 2. The van der Waals surface area contributed by atoms with Crippen LogP contribution in [0.15, 0.2) is 18.2 Å². The van der Waals surface area contributed by atoms with Crippen molar-refractivity contribution in [1.82, 2.24) is 4.90 Å². The molecule has 0 radical (unpaired) electrons. The fourth-order valence-corrected chi connectivity index (χ4v) is 2.43. The van der Waals surface area contributed by atoms with E-state index in [9.17, 15) is 13.6 Å². The number of benzene rings is 1. The largest absolute Gasteiger partial charge is 0.300 e. The van der Waals surface area contributed by atoms with Crippen molar-refractivity contribution in [3.05, 3.63) is 35.4 Å². The molecule has 1 fully saturated rings. The molecule has 0 bridgehead atoms.